The molecular weight excluding hydrogens is 196 g/mol. The van der Waals surface area contributed by atoms with Crippen LogP contribution < -0.4 is 0 Å². The largest absolute Gasteiger partial charge is 0.459 e. The van der Waals surface area contributed by atoms with Crippen LogP contribution in [0.3, 0.4) is 0 Å². The van der Waals surface area contributed by atoms with Crippen molar-refractivity contribution in [2.75, 3.05) is 0 Å². The predicted molar refractivity (Wildman–Crippen MR) is 53.3 cm³/mol. The van der Waals surface area contributed by atoms with Gasteiger partial charge in [0.05, 0.1) is 0 Å². The number of Topliss-reactive ketones (excluding diaryl/α,β-unsaturated/α-hetero) is 2. The maximum absolute atomic E-state index is 11.5. The zero-order chi connectivity index (χ0) is 11.5. The quantitative estimate of drug-likeness (QED) is 0.646. The normalized spacial score (nSPS) is 25.1. The summed E-state index contributed by atoms with van der Waals surface area (Å²) in [6, 6.07) is 0. The van der Waals surface area contributed by atoms with Crippen LogP contribution in [-0.2, 0) is 19.1 Å². The van der Waals surface area contributed by atoms with Crippen molar-refractivity contribution in [3.8, 4) is 0 Å². The lowest BCUT2D eigenvalue weighted by Crippen LogP contribution is -2.27. The van der Waals surface area contributed by atoms with E-state index in [1.54, 1.807) is 6.92 Å². The van der Waals surface area contributed by atoms with E-state index in [-0.39, 0.29) is 36.8 Å². The molecule has 1 aliphatic rings. The van der Waals surface area contributed by atoms with Gasteiger partial charge in [-0.05, 0) is 20.3 Å². The van der Waals surface area contributed by atoms with Gasteiger partial charge in [-0.1, -0.05) is 0 Å². The smallest absolute Gasteiger partial charge is 0.306 e. The van der Waals surface area contributed by atoms with Crippen molar-refractivity contribution in [1.82, 2.24) is 0 Å². The minimum Gasteiger partial charge on any atom is -0.459 e. The Labute approximate surface area is 89.0 Å². The summed E-state index contributed by atoms with van der Waals surface area (Å²) in [6.07, 6.45) is 1.74. The van der Waals surface area contributed by atoms with E-state index in [2.05, 4.69) is 0 Å². The first-order chi connectivity index (χ1) is 6.91. The number of hydrogen-bond acceptors (Lipinski definition) is 4. The molecule has 84 valence electrons. The van der Waals surface area contributed by atoms with Crippen LogP contribution in [0, 0.1) is 0 Å². The van der Waals surface area contributed by atoms with E-state index in [1.807, 2.05) is 0 Å². The molecule has 1 fully saturated rings. The van der Waals surface area contributed by atoms with Gasteiger partial charge < -0.3 is 9.53 Å². The number of carbonyl (C=O) groups is 3. The molecule has 0 aliphatic carbocycles. The number of rotatable bonds is 5. The van der Waals surface area contributed by atoms with Gasteiger partial charge in [-0.15, -0.1) is 0 Å². The van der Waals surface area contributed by atoms with Gasteiger partial charge in [0.15, 0.2) is 0 Å². The number of ketones is 2. The van der Waals surface area contributed by atoms with Crippen LogP contribution in [0.1, 0.15) is 46.0 Å². The molecule has 1 unspecified atom stereocenters. The van der Waals surface area contributed by atoms with Crippen LogP contribution in [-0.4, -0.2) is 23.1 Å². The molecule has 0 spiro atoms. The average Bonchev–Trinajstić information content (AvgIpc) is 2.42. The molecular formula is C11H16O4. The van der Waals surface area contributed by atoms with E-state index in [0.717, 1.165) is 0 Å². The summed E-state index contributed by atoms with van der Waals surface area (Å²) in [5, 5.41) is 0. The van der Waals surface area contributed by atoms with Gasteiger partial charge in [0.2, 0.25) is 0 Å². The summed E-state index contributed by atoms with van der Waals surface area (Å²) < 4.78 is 5.08. The highest BCUT2D eigenvalue weighted by molar-refractivity contribution is 5.86. The summed E-state index contributed by atoms with van der Waals surface area (Å²) >= 11 is 0. The molecule has 1 saturated heterocycles. The molecule has 1 rings (SSSR count). The monoisotopic (exact) mass is 212 g/mol. The molecule has 0 aromatic rings. The van der Waals surface area contributed by atoms with Crippen molar-refractivity contribution in [3.63, 3.8) is 0 Å². The van der Waals surface area contributed by atoms with E-state index in [1.165, 1.54) is 6.92 Å². The first-order valence-electron chi connectivity index (χ1n) is 5.14. The molecule has 0 N–H and O–H groups in total. The Bertz CT molecular complexity index is 295. The Morgan fingerprint density at radius 3 is 2.53 bits per heavy atom. The van der Waals surface area contributed by atoms with Gasteiger partial charge in [-0.25, -0.2) is 0 Å². The molecule has 4 heteroatoms. The minimum atomic E-state index is -0.634. The lowest BCUT2D eigenvalue weighted by atomic mass is 9.94. The van der Waals surface area contributed by atoms with Crippen LogP contribution in [0.5, 0.6) is 0 Å². The molecule has 0 bridgehead atoms. The van der Waals surface area contributed by atoms with Gasteiger partial charge >= 0.3 is 5.97 Å². The van der Waals surface area contributed by atoms with Crippen LogP contribution in [0.25, 0.3) is 0 Å². The molecule has 0 radical (unpaired) electrons. The van der Waals surface area contributed by atoms with E-state index >= 15 is 0 Å². The fourth-order valence-electron chi connectivity index (χ4n) is 1.69. The highest BCUT2D eigenvalue weighted by atomic mass is 16.6. The van der Waals surface area contributed by atoms with Crippen LogP contribution in [0.15, 0.2) is 0 Å². The third-order valence-corrected chi connectivity index (χ3v) is 2.55. The van der Waals surface area contributed by atoms with E-state index in [0.29, 0.717) is 12.8 Å². The summed E-state index contributed by atoms with van der Waals surface area (Å²) in [4.78, 5) is 33.1. The summed E-state index contributed by atoms with van der Waals surface area (Å²) in [7, 11) is 0. The predicted octanol–water partition coefficient (Wildman–Crippen LogP) is 1.41. The fraction of sp³-hybridized carbons (Fsp3) is 0.727. The lowest BCUT2D eigenvalue weighted by Gasteiger charge is -2.21. The number of hydrogen-bond donors (Lipinski definition) is 0. The summed E-state index contributed by atoms with van der Waals surface area (Å²) in [5.74, 6) is -0.240. The zero-order valence-corrected chi connectivity index (χ0v) is 9.17. The number of esters is 1. The van der Waals surface area contributed by atoms with Crippen molar-refractivity contribution in [3.05, 3.63) is 0 Å². The molecule has 0 amide bonds. The lowest BCUT2D eigenvalue weighted by molar-refractivity contribution is -0.149. The van der Waals surface area contributed by atoms with Crippen molar-refractivity contribution in [1.29, 1.82) is 0 Å². The Hall–Kier alpha value is -1.19. The second-order valence-corrected chi connectivity index (χ2v) is 4.34. The third kappa shape index (κ3) is 3.81. The molecule has 1 atom stereocenters. The molecule has 1 heterocycles. The molecule has 0 saturated carbocycles. The number of cyclic esters (lactones) is 1. The summed E-state index contributed by atoms with van der Waals surface area (Å²) in [6.45, 7) is 3.23. The standard InChI is InChI=1S/C11H16O4/c1-8(12)3-4-9(13)7-11(2)6-5-10(14)15-11/h3-7H2,1-2H3. The van der Waals surface area contributed by atoms with Gasteiger partial charge in [-0.2, -0.15) is 0 Å². The number of carbonyl (C=O) groups excluding carboxylic acids is 3. The number of ether oxygens (including phenoxy) is 1. The van der Waals surface area contributed by atoms with Crippen LogP contribution >= 0.6 is 0 Å². The van der Waals surface area contributed by atoms with E-state index in [4.69, 9.17) is 4.74 Å². The van der Waals surface area contributed by atoms with Crippen LogP contribution in [0.2, 0.25) is 0 Å². The van der Waals surface area contributed by atoms with Crippen molar-refractivity contribution in [2.24, 2.45) is 0 Å². The van der Waals surface area contributed by atoms with Crippen LogP contribution in [0.4, 0.5) is 0 Å². The SMILES string of the molecule is CC(=O)CCC(=O)CC1(C)CCC(=O)O1. The third-order valence-electron chi connectivity index (χ3n) is 2.55. The van der Waals surface area contributed by atoms with Gasteiger partial charge in [0.1, 0.15) is 17.2 Å². The maximum Gasteiger partial charge on any atom is 0.306 e. The van der Waals surface area contributed by atoms with Crippen molar-refractivity contribution < 1.29 is 19.1 Å². The summed E-state index contributed by atoms with van der Waals surface area (Å²) in [5.41, 5.74) is -0.634. The second kappa shape index (κ2) is 4.55. The highest BCUT2D eigenvalue weighted by Gasteiger charge is 2.37. The first-order valence-corrected chi connectivity index (χ1v) is 5.14. The Kier molecular flexibility index (Phi) is 3.61. The Morgan fingerprint density at radius 2 is 2.07 bits per heavy atom. The van der Waals surface area contributed by atoms with Crippen molar-refractivity contribution >= 4 is 17.5 Å². The second-order valence-electron chi connectivity index (χ2n) is 4.34. The molecule has 4 nitrogen and oxygen atoms in total. The van der Waals surface area contributed by atoms with Gasteiger partial charge in [0.25, 0.3) is 0 Å². The highest BCUT2D eigenvalue weighted by Crippen LogP contribution is 2.30. The molecule has 15 heavy (non-hydrogen) atoms. The molecule has 1 aliphatic heterocycles. The maximum atomic E-state index is 11.5. The first kappa shape index (κ1) is 11.9. The van der Waals surface area contributed by atoms with Gasteiger partial charge in [-0.3, -0.25) is 9.59 Å². The minimum absolute atomic E-state index is 0.0110. The molecule has 0 aromatic heterocycles. The zero-order valence-electron chi connectivity index (χ0n) is 9.17. The van der Waals surface area contributed by atoms with E-state index in [9.17, 15) is 14.4 Å². The van der Waals surface area contributed by atoms with Gasteiger partial charge in [0, 0.05) is 25.7 Å². The fourth-order valence-corrected chi connectivity index (χ4v) is 1.69. The Balaban J connectivity index is 2.37. The topological polar surface area (TPSA) is 60.4 Å². The van der Waals surface area contributed by atoms with E-state index < -0.39 is 5.60 Å². The molecule has 0 aromatic carbocycles. The van der Waals surface area contributed by atoms with Crippen molar-refractivity contribution in [2.45, 2.75) is 51.6 Å². The average molecular weight is 212 g/mol. The Morgan fingerprint density at radius 1 is 1.40 bits per heavy atom.